The average molecular weight is 232 g/mol. The lowest BCUT2D eigenvalue weighted by atomic mass is 10.1. The largest absolute Gasteiger partial charge is 0.382 e. The Morgan fingerprint density at radius 3 is 3.00 bits per heavy atom. The van der Waals surface area contributed by atoms with Crippen LogP contribution in [-0.4, -0.2) is 22.9 Å². The SMILES string of the molecule is CCC1CCC(C)N1c1cccnc1C(=N)N. The summed E-state index contributed by atoms with van der Waals surface area (Å²) in [6, 6.07) is 4.99. The summed E-state index contributed by atoms with van der Waals surface area (Å²) in [7, 11) is 0. The number of nitrogen functional groups attached to an aromatic ring is 1. The van der Waals surface area contributed by atoms with E-state index in [1.54, 1.807) is 6.20 Å². The van der Waals surface area contributed by atoms with Gasteiger partial charge in [-0.05, 0) is 38.3 Å². The number of hydrogen-bond donors (Lipinski definition) is 2. The lowest BCUT2D eigenvalue weighted by Gasteiger charge is -2.31. The molecule has 1 aromatic heterocycles. The van der Waals surface area contributed by atoms with Gasteiger partial charge in [-0.1, -0.05) is 6.92 Å². The molecule has 2 unspecified atom stereocenters. The fourth-order valence-electron chi connectivity index (χ4n) is 2.72. The lowest BCUT2D eigenvalue weighted by Crippen LogP contribution is -2.36. The Hall–Kier alpha value is -1.58. The molecule has 92 valence electrons. The second-order valence-corrected chi connectivity index (χ2v) is 4.68. The first-order valence-electron chi connectivity index (χ1n) is 6.23. The average Bonchev–Trinajstić information content (AvgIpc) is 2.70. The highest BCUT2D eigenvalue weighted by molar-refractivity contribution is 5.98. The molecule has 2 rings (SSSR count). The summed E-state index contributed by atoms with van der Waals surface area (Å²) in [5.74, 6) is 0.0505. The maximum absolute atomic E-state index is 7.62. The van der Waals surface area contributed by atoms with Crippen LogP contribution in [0.25, 0.3) is 0 Å². The highest BCUT2D eigenvalue weighted by atomic mass is 15.2. The van der Waals surface area contributed by atoms with Crippen molar-refractivity contribution in [1.29, 1.82) is 5.41 Å². The van der Waals surface area contributed by atoms with Crippen molar-refractivity contribution in [2.45, 2.75) is 45.2 Å². The van der Waals surface area contributed by atoms with Crippen molar-refractivity contribution in [1.82, 2.24) is 4.98 Å². The molecule has 1 aromatic rings. The first-order chi connectivity index (χ1) is 8.15. The smallest absolute Gasteiger partial charge is 0.143 e. The molecule has 4 nitrogen and oxygen atoms in total. The molecule has 1 saturated heterocycles. The van der Waals surface area contributed by atoms with Crippen LogP contribution in [0.1, 0.15) is 38.8 Å². The normalized spacial score (nSPS) is 24.0. The molecular formula is C13H20N4. The minimum absolute atomic E-state index is 0.0505. The number of pyridine rings is 1. The van der Waals surface area contributed by atoms with Gasteiger partial charge >= 0.3 is 0 Å². The number of nitrogens with zero attached hydrogens (tertiary/aromatic N) is 2. The maximum atomic E-state index is 7.62. The van der Waals surface area contributed by atoms with Crippen LogP contribution in [0.15, 0.2) is 18.3 Å². The molecule has 1 aliphatic heterocycles. The van der Waals surface area contributed by atoms with E-state index in [-0.39, 0.29) is 5.84 Å². The predicted octanol–water partition coefficient (Wildman–Crippen LogP) is 2.13. The number of nitrogens with two attached hydrogens (primary N) is 1. The minimum atomic E-state index is 0.0505. The van der Waals surface area contributed by atoms with Crippen LogP contribution < -0.4 is 10.6 Å². The van der Waals surface area contributed by atoms with Gasteiger partial charge in [0.15, 0.2) is 0 Å². The van der Waals surface area contributed by atoms with Gasteiger partial charge in [-0.15, -0.1) is 0 Å². The summed E-state index contributed by atoms with van der Waals surface area (Å²) in [6.07, 6.45) is 5.23. The fourth-order valence-corrected chi connectivity index (χ4v) is 2.72. The Labute approximate surface area is 102 Å². The number of rotatable bonds is 3. The molecule has 0 radical (unpaired) electrons. The Kier molecular flexibility index (Phi) is 3.31. The zero-order chi connectivity index (χ0) is 12.4. The monoisotopic (exact) mass is 232 g/mol. The molecule has 0 spiro atoms. The molecule has 4 heteroatoms. The van der Waals surface area contributed by atoms with Crippen molar-refractivity contribution in [2.75, 3.05) is 4.90 Å². The first-order valence-corrected chi connectivity index (χ1v) is 6.23. The molecule has 2 atom stereocenters. The molecule has 0 aromatic carbocycles. The third-order valence-electron chi connectivity index (χ3n) is 3.58. The van der Waals surface area contributed by atoms with E-state index in [1.165, 1.54) is 12.8 Å². The van der Waals surface area contributed by atoms with Crippen LogP contribution in [0.2, 0.25) is 0 Å². The number of aromatic nitrogens is 1. The van der Waals surface area contributed by atoms with Crippen LogP contribution in [0.4, 0.5) is 5.69 Å². The van der Waals surface area contributed by atoms with Crippen molar-refractivity contribution >= 4 is 11.5 Å². The van der Waals surface area contributed by atoms with Crippen LogP contribution in [0.5, 0.6) is 0 Å². The van der Waals surface area contributed by atoms with Gasteiger partial charge in [-0.3, -0.25) is 10.4 Å². The van der Waals surface area contributed by atoms with Crippen molar-refractivity contribution in [3.63, 3.8) is 0 Å². The summed E-state index contributed by atoms with van der Waals surface area (Å²) >= 11 is 0. The van der Waals surface area contributed by atoms with Crippen molar-refractivity contribution < 1.29 is 0 Å². The zero-order valence-corrected chi connectivity index (χ0v) is 10.5. The van der Waals surface area contributed by atoms with Crippen LogP contribution >= 0.6 is 0 Å². The second kappa shape index (κ2) is 4.73. The van der Waals surface area contributed by atoms with Gasteiger partial charge < -0.3 is 10.6 Å². The van der Waals surface area contributed by atoms with E-state index in [0.29, 0.717) is 17.8 Å². The summed E-state index contributed by atoms with van der Waals surface area (Å²) in [5, 5.41) is 7.62. The third-order valence-corrected chi connectivity index (χ3v) is 3.58. The number of nitrogens with one attached hydrogen (secondary N) is 1. The van der Waals surface area contributed by atoms with Gasteiger partial charge in [0.25, 0.3) is 0 Å². The fraction of sp³-hybridized carbons (Fsp3) is 0.538. The Morgan fingerprint density at radius 2 is 2.35 bits per heavy atom. The van der Waals surface area contributed by atoms with Gasteiger partial charge in [0.1, 0.15) is 11.5 Å². The standard InChI is InChI=1S/C13H20N4/c1-3-10-7-6-9(2)17(10)11-5-4-8-16-12(11)13(14)15/h4-5,8-10H,3,6-7H2,1-2H3,(H3,14,15). The summed E-state index contributed by atoms with van der Waals surface area (Å²) in [6.45, 7) is 4.44. The minimum Gasteiger partial charge on any atom is -0.382 e. The van der Waals surface area contributed by atoms with E-state index >= 15 is 0 Å². The predicted molar refractivity (Wildman–Crippen MR) is 70.5 cm³/mol. The van der Waals surface area contributed by atoms with Gasteiger partial charge in [-0.25, -0.2) is 0 Å². The Morgan fingerprint density at radius 1 is 1.59 bits per heavy atom. The molecular weight excluding hydrogens is 212 g/mol. The highest BCUT2D eigenvalue weighted by Crippen LogP contribution is 2.33. The van der Waals surface area contributed by atoms with Crippen molar-refractivity contribution in [3.8, 4) is 0 Å². The maximum Gasteiger partial charge on any atom is 0.143 e. The highest BCUT2D eigenvalue weighted by Gasteiger charge is 2.31. The van der Waals surface area contributed by atoms with E-state index in [1.807, 2.05) is 12.1 Å². The molecule has 3 N–H and O–H groups in total. The zero-order valence-electron chi connectivity index (χ0n) is 10.5. The van der Waals surface area contributed by atoms with E-state index in [4.69, 9.17) is 11.1 Å². The summed E-state index contributed by atoms with van der Waals surface area (Å²) in [5.41, 5.74) is 7.23. The molecule has 1 aliphatic rings. The summed E-state index contributed by atoms with van der Waals surface area (Å²) < 4.78 is 0. The first kappa shape index (κ1) is 11.9. The van der Waals surface area contributed by atoms with Gasteiger partial charge in [0, 0.05) is 18.3 Å². The van der Waals surface area contributed by atoms with Crippen LogP contribution in [0.3, 0.4) is 0 Å². The van der Waals surface area contributed by atoms with E-state index in [2.05, 4.69) is 23.7 Å². The van der Waals surface area contributed by atoms with Crippen LogP contribution in [0, 0.1) is 5.41 Å². The topological polar surface area (TPSA) is 66.0 Å². The second-order valence-electron chi connectivity index (χ2n) is 4.68. The molecule has 0 bridgehead atoms. The van der Waals surface area contributed by atoms with Gasteiger partial charge in [-0.2, -0.15) is 0 Å². The quantitative estimate of drug-likeness (QED) is 0.619. The molecule has 0 saturated carbocycles. The Bertz CT molecular complexity index is 416. The van der Waals surface area contributed by atoms with Crippen molar-refractivity contribution in [3.05, 3.63) is 24.0 Å². The third kappa shape index (κ3) is 2.12. The Balaban J connectivity index is 2.41. The van der Waals surface area contributed by atoms with Gasteiger partial charge in [0.2, 0.25) is 0 Å². The van der Waals surface area contributed by atoms with E-state index in [9.17, 15) is 0 Å². The number of amidine groups is 1. The summed E-state index contributed by atoms with van der Waals surface area (Å²) in [4.78, 5) is 6.61. The van der Waals surface area contributed by atoms with Crippen molar-refractivity contribution in [2.24, 2.45) is 5.73 Å². The number of hydrogen-bond acceptors (Lipinski definition) is 3. The number of anilines is 1. The van der Waals surface area contributed by atoms with E-state index in [0.717, 1.165) is 12.1 Å². The molecule has 2 heterocycles. The molecule has 0 aliphatic carbocycles. The van der Waals surface area contributed by atoms with Gasteiger partial charge in [0.05, 0.1) is 5.69 Å². The lowest BCUT2D eigenvalue weighted by molar-refractivity contribution is 0.626. The molecule has 17 heavy (non-hydrogen) atoms. The van der Waals surface area contributed by atoms with Crippen LogP contribution in [-0.2, 0) is 0 Å². The molecule has 0 amide bonds. The van der Waals surface area contributed by atoms with E-state index < -0.39 is 0 Å². The molecule has 1 fully saturated rings.